The van der Waals surface area contributed by atoms with E-state index in [-0.39, 0.29) is 17.0 Å². The first kappa shape index (κ1) is 24.2. The van der Waals surface area contributed by atoms with Crippen molar-refractivity contribution >= 4 is 11.9 Å². The molecule has 1 aliphatic rings. The minimum atomic E-state index is -1.07. The second-order valence-electron chi connectivity index (χ2n) is 9.05. The molecule has 1 amide bonds. The van der Waals surface area contributed by atoms with Crippen molar-refractivity contribution in [2.45, 2.75) is 98.1 Å². The van der Waals surface area contributed by atoms with Gasteiger partial charge in [0, 0.05) is 12.2 Å². The molecule has 1 saturated carbocycles. The lowest BCUT2D eigenvalue weighted by atomic mass is 9.89. The van der Waals surface area contributed by atoms with Gasteiger partial charge in [-0.3, -0.25) is 9.59 Å². The van der Waals surface area contributed by atoms with Crippen LogP contribution in [0.4, 0.5) is 0 Å². The Morgan fingerprint density at radius 1 is 1.20 bits per heavy atom. The van der Waals surface area contributed by atoms with Gasteiger partial charge in [-0.25, -0.2) is 4.79 Å². The molecule has 0 spiro atoms. The average Bonchev–Trinajstić information content (AvgIpc) is 2.70. The van der Waals surface area contributed by atoms with Crippen molar-refractivity contribution in [1.29, 1.82) is 0 Å². The van der Waals surface area contributed by atoms with E-state index >= 15 is 0 Å². The van der Waals surface area contributed by atoms with Crippen molar-refractivity contribution in [3.8, 4) is 0 Å². The number of aryl methyl sites for hydroxylation is 1. The summed E-state index contributed by atoms with van der Waals surface area (Å²) in [7, 11) is 0. The molecule has 0 bridgehead atoms. The maximum absolute atomic E-state index is 13.4. The van der Waals surface area contributed by atoms with Crippen LogP contribution in [0.15, 0.2) is 10.9 Å². The second kappa shape index (κ2) is 11.3. The Kier molecular flexibility index (Phi) is 9.12. The number of carbonyl (C=O) groups is 2. The number of rotatable bonds is 10. The summed E-state index contributed by atoms with van der Waals surface area (Å²) in [6.45, 7) is 8.60. The first-order valence-electron chi connectivity index (χ1n) is 11.6. The Morgan fingerprint density at radius 3 is 2.40 bits per heavy atom. The number of carboxylic acids is 1. The molecule has 0 radical (unpaired) electrons. The van der Waals surface area contributed by atoms with E-state index in [0.717, 1.165) is 43.4 Å². The van der Waals surface area contributed by atoms with Gasteiger partial charge in [0.15, 0.2) is 0 Å². The van der Waals surface area contributed by atoms with E-state index in [1.807, 2.05) is 25.3 Å². The number of pyridine rings is 1. The van der Waals surface area contributed by atoms with Crippen molar-refractivity contribution in [2.75, 3.05) is 0 Å². The van der Waals surface area contributed by atoms with Crippen LogP contribution in [0.3, 0.4) is 0 Å². The summed E-state index contributed by atoms with van der Waals surface area (Å²) >= 11 is 0. The van der Waals surface area contributed by atoms with Gasteiger partial charge in [0.2, 0.25) is 0 Å². The highest BCUT2D eigenvalue weighted by atomic mass is 16.4. The number of aromatic nitrogens is 1. The smallest absolute Gasteiger partial charge is 0.326 e. The quantitative estimate of drug-likeness (QED) is 0.597. The van der Waals surface area contributed by atoms with Crippen molar-refractivity contribution in [3.63, 3.8) is 0 Å². The van der Waals surface area contributed by atoms with Crippen molar-refractivity contribution in [2.24, 2.45) is 11.8 Å². The molecule has 30 heavy (non-hydrogen) atoms. The van der Waals surface area contributed by atoms with Crippen molar-refractivity contribution < 1.29 is 14.7 Å². The number of carbonyl (C=O) groups excluding carboxylic acids is 1. The highest BCUT2D eigenvalue weighted by molar-refractivity contribution is 5.96. The predicted octanol–water partition coefficient (Wildman–Crippen LogP) is 4.17. The summed E-state index contributed by atoms with van der Waals surface area (Å²) in [4.78, 5) is 37.9. The zero-order valence-electron chi connectivity index (χ0n) is 19.0. The molecule has 2 N–H and O–H groups in total. The fraction of sp³-hybridized carbons (Fsp3) is 0.708. The maximum atomic E-state index is 13.4. The topological polar surface area (TPSA) is 88.4 Å². The SMILES string of the molecule is CCCc1c(CC)cc(C(=O)N[C@@H](CC(C)C)C(=O)O)c(=O)n1CC1CCCCC1. The summed E-state index contributed by atoms with van der Waals surface area (Å²) in [5.41, 5.74) is 1.82. The molecule has 1 heterocycles. The Balaban J connectivity index is 2.43. The fourth-order valence-corrected chi connectivity index (χ4v) is 4.51. The van der Waals surface area contributed by atoms with Gasteiger partial charge in [-0.15, -0.1) is 0 Å². The lowest BCUT2D eigenvalue weighted by Gasteiger charge is -2.26. The van der Waals surface area contributed by atoms with E-state index in [4.69, 9.17) is 0 Å². The number of hydrogen-bond acceptors (Lipinski definition) is 3. The van der Waals surface area contributed by atoms with E-state index in [1.54, 1.807) is 6.07 Å². The second-order valence-corrected chi connectivity index (χ2v) is 9.05. The van der Waals surface area contributed by atoms with Crippen LogP contribution in [0, 0.1) is 11.8 Å². The fourth-order valence-electron chi connectivity index (χ4n) is 4.51. The van der Waals surface area contributed by atoms with Crippen LogP contribution in [0.1, 0.15) is 94.3 Å². The third-order valence-electron chi connectivity index (χ3n) is 6.08. The van der Waals surface area contributed by atoms with Crippen LogP contribution >= 0.6 is 0 Å². The average molecular weight is 419 g/mol. The molecule has 6 nitrogen and oxygen atoms in total. The normalized spacial score (nSPS) is 15.9. The zero-order valence-corrected chi connectivity index (χ0v) is 19.0. The van der Waals surface area contributed by atoms with Gasteiger partial charge < -0.3 is 15.0 Å². The molecule has 2 rings (SSSR count). The van der Waals surface area contributed by atoms with E-state index < -0.39 is 17.9 Å². The van der Waals surface area contributed by atoms with Crippen LogP contribution in [-0.4, -0.2) is 27.6 Å². The minimum Gasteiger partial charge on any atom is -0.480 e. The summed E-state index contributed by atoms with van der Waals surface area (Å²) in [6, 6.07) is 0.693. The van der Waals surface area contributed by atoms with Crippen LogP contribution < -0.4 is 10.9 Å². The first-order chi connectivity index (χ1) is 14.3. The highest BCUT2D eigenvalue weighted by Crippen LogP contribution is 2.26. The number of nitrogens with one attached hydrogen (secondary N) is 1. The monoisotopic (exact) mass is 418 g/mol. The van der Waals surface area contributed by atoms with Crippen LogP contribution in [0.5, 0.6) is 0 Å². The van der Waals surface area contributed by atoms with Crippen LogP contribution in [0.25, 0.3) is 0 Å². The highest BCUT2D eigenvalue weighted by Gasteiger charge is 2.26. The standard InChI is InChI=1S/C24H38N2O4/c1-5-10-21-18(6-2)14-19(22(27)25-20(24(29)30)13-16(3)4)23(28)26(21)15-17-11-8-7-9-12-17/h14,16-17,20H,5-13,15H2,1-4H3,(H,25,27)(H,29,30)/t20-/m0/s1. The number of carboxylic acid groups (broad SMARTS) is 1. The number of aliphatic carboxylic acids is 1. The first-order valence-corrected chi connectivity index (χ1v) is 11.6. The third-order valence-corrected chi connectivity index (χ3v) is 6.08. The van der Waals surface area contributed by atoms with Gasteiger partial charge >= 0.3 is 5.97 Å². The minimum absolute atomic E-state index is 0.0671. The van der Waals surface area contributed by atoms with Gasteiger partial charge in [0.1, 0.15) is 11.6 Å². The molecule has 1 aromatic rings. The molecule has 0 aliphatic heterocycles. The Labute approximate surface area is 180 Å². The number of hydrogen-bond donors (Lipinski definition) is 2. The zero-order chi connectivity index (χ0) is 22.3. The Morgan fingerprint density at radius 2 is 1.87 bits per heavy atom. The molecular weight excluding hydrogens is 380 g/mol. The van der Waals surface area contributed by atoms with E-state index in [9.17, 15) is 19.5 Å². The molecular formula is C24H38N2O4. The lowest BCUT2D eigenvalue weighted by molar-refractivity contribution is -0.139. The van der Waals surface area contributed by atoms with Crippen LogP contribution in [-0.2, 0) is 24.2 Å². The summed E-state index contributed by atoms with van der Waals surface area (Å²) in [6.07, 6.45) is 8.66. The van der Waals surface area contributed by atoms with Gasteiger partial charge in [0.05, 0.1) is 0 Å². The summed E-state index contributed by atoms with van der Waals surface area (Å²) < 4.78 is 1.82. The maximum Gasteiger partial charge on any atom is 0.326 e. The lowest BCUT2D eigenvalue weighted by Crippen LogP contribution is -2.44. The predicted molar refractivity (Wildman–Crippen MR) is 119 cm³/mol. The van der Waals surface area contributed by atoms with Crippen LogP contribution in [0.2, 0.25) is 0 Å². The largest absolute Gasteiger partial charge is 0.480 e. The molecule has 1 fully saturated rings. The number of nitrogens with zero attached hydrogens (tertiary/aromatic N) is 1. The molecule has 0 aromatic carbocycles. The van der Waals surface area contributed by atoms with Gasteiger partial charge in [-0.2, -0.15) is 0 Å². The molecule has 1 atom stereocenters. The molecule has 0 saturated heterocycles. The molecule has 1 aromatic heterocycles. The molecule has 168 valence electrons. The van der Waals surface area contributed by atoms with Crippen molar-refractivity contribution in [1.82, 2.24) is 9.88 Å². The van der Waals surface area contributed by atoms with Gasteiger partial charge in [-0.05, 0) is 55.6 Å². The Bertz CT molecular complexity index is 791. The number of amides is 1. The van der Waals surface area contributed by atoms with Crippen molar-refractivity contribution in [3.05, 3.63) is 33.2 Å². The molecule has 1 aliphatic carbocycles. The molecule has 6 heteroatoms. The molecule has 0 unspecified atom stereocenters. The summed E-state index contributed by atoms with van der Waals surface area (Å²) in [5.74, 6) is -1.07. The van der Waals surface area contributed by atoms with E-state index in [2.05, 4.69) is 12.2 Å². The third kappa shape index (κ3) is 6.19. The van der Waals surface area contributed by atoms with E-state index in [0.29, 0.717) is 18.9 Å². The van der Waals surface area contributed by atoms with Gasteiger partial charge in [0.25, 0.3) is 11.5 Å². The summed E-state index contributed by atoms with van der Waals surface area (Å²) in [5, 5.41) is 12.1. The van der Waals surface area contributed by atoms with Gasteiger partial charge in [-0.1, -0.05) is 53.4 Å². The van der Waals surface area contributed by atoms with E-state index in [1.165, 1.54) is 19.3 Å². The Hall–Kier alpha value is -2.11.